The molecule has 1 heterocycles. The van der Waals surface area contributed by atoms with Gasteiger partial charge >= 0.3 is 0 Å². The van der Waals surface area contributed by atoms with E-state index < -0.39 is 0 Å². The quantitative estimate of drug-likeness (QED) is 0.694. The van der Waals surface area contributed by atoms with Gasteiger partial charge in [0.25, 0.3) is 0 Å². The molecule has 4 fully saturated rings. The van der Waals surface area contributed by atoms with Crippen LogP contribution in [0.3, 0.4) is 0 Å². The topological polar surface area (TPSA) is 24.9 Å². The highest BCUT2D eigenvalue weighted by Gasteiger charge is 2.50. The van der Waals surface area contributed by atoms with Crippen LogP contribution in [-0.2, 0) is 6.54 Å². The fourth-order valence-electron chi connectivity index (χ4n) is 5.95. The third kappa shape index (κ3) is 3.07. The monoisotopic (exact) mass is 370 g/mol. The number of benzene rings is 1. The molecule has 2 nitrogen and oxygen atoms in total. The van der Waals surface area contributed by atoms with Crippen LogP contribution in [0.15, 0.2) is 35.4 Å². The maximum absolute atomic E-state index is 4.73. The minimum Gasteiger partial charge on any atom is -0.305 e. The van der Waals surface area contributed by atoms with E-state index in [0.717, 1.165) is 24.3 Å². The Labute approximate surface area is 158 Å². The molecular weight excluding hydrogens is 344 g/mol. The van der Waals surface area contributed by atoms with Gasteiger partial charge in [0, 0.05) is 28.7 Å². The predicted octanol–water partition coefficient (Wildman–Crippen LogP) is 5.59. The van der Waals surface area contributed by atoms with Crippen LogP contribution >= 0.6 is 23.1 Å². The maximum atomic E-state index is 4.73. The van der Waals surface area contributed by atoms with Crippen LogP contribution in [-0.4, -0.2) is 16.8 Å². The molecule has 132 valence electrons. The Morgan fingerprint density at radius 1 is 1.12 bits per heavy atom. The van der Waals surface area contributed by atoms with Gasteiger partial charge < -0.3 is 5.32 Å². The molecule has 0 unspecified atom stereocenters. The maximum Gasteiger partial charge on any atom is 0.107 e. The average molecular weight is 371 g/mol. The van der Waals surface area contributed by atoms with Crippen molar-refractivity contribution in [1.82, 2.24) is 10.3 Å². The van der Waals surface area contributed by atoms with Gasteiger partial charge in [0.15, 0.2) is 0 Å². The molecule has 1 aromatic carbocycles. The van der Waals surface area contributed by atoms with Crippen molar-refractivity contribution in [3.8, 4) is 10.4 Å². The Hall–Kier alpha value is -0.840. The van der Waals surface area contributed by atoms with Crippen molar-refractivity contribution in [2.24, 2.45) is 17.8 Å². The third-order valence-corrected chi connectivity index (χ3v) is 8.41. The summed E-state index contributed by atoms with van der Waals surface area (Å²) in [5.74, 6) is 3.00. The Balaban J connectivity index is 1.31. The molecule has 0 aliphatic heterocycles. The average Bonchev–Trinajstić information content (AvgIpc) is 3.08. The van der Waals surface area contributed by atoms with Crippen molar-refractivity contribution in [2.75, 3.05) is 6.26 Å². The van der Waals surface area contributed by atoms with Gasteiger partial charge in [-0.2, -0.15) is 0 Å². The Kier molecular flexibility index (Phi) is 4.18. The highest BCUT2D eigenvalue weighted by Crippen LogP contribution is 2.55. The lowest BCUT2D eigenvalue weighted by molar-refractivity contribution is -0.0206. The number of nitrogens with one attached hydrogen (secondary N) is 1. The van der Waals surface area contributed by atoms with E-state index in [1.54, 1.807) is 0 Å². The molecule has 4 saturated carbocycles. The minimum atomic E-state index is 0.428. The molecule has 6 rings (SSSR count). The third-order valence-electron chi connectivity index (χ3n) is 6.58. The summed E-state index contributed by atoms with van der Waals surface area (Å²) in [5.41, 5.74) is 1.76. The number of hydrogen-bond acceptors (Lipinski definition) is 4. The molecule has 1 N–H and O–H groups in total. The number of hydrogen-bond donors (Lipinski definition) is 1. The van der Waals surface area contributed by atoms with E-state index in [-0.39, 0.29) is 0 Å². The summed E-state index contributed by atoms with van der Waals surface area (Å²) in [5, 5.41) is 5.22. The molecule has 0 radical (unpaired) electrons. The van der Waals surface area contributed by atoms with E-state index in [9.17, 15) is 0 Å². The highest BCUT2D eigenvalue weighted by molar-refractivity contribution is 7.98. The van der Waals surface area contributed by atoms with Crippen LogP contribution in [0.2, 0.25) is 0 Å². The summed E-state index contributed by atoms with van der Waals surface area (Å²) in [6.45, 7) is 0.943. The van der Waals surface area contributed by atoms with Gasteiger partial charge in [0.05, 0.1) is 4.88 Å². The summed E-state index contributed by atoms with van der Waals surface area (Å²) in [6.07, 6.45) is 13.0. The van der Waals surface area contributed by atoms with Crippen molar-refractivity contribution >= 4 is 23.1 Å². The molecular formula is C21H26N2S2. The van der Waals surface area contributed by atoms with E-state index in [1.807, 2.05) is 23.1 Å². The second-order valence-corrected chi connectivity index (χ2v) is 10.3. The molecule has 4 aliphatic rings. The summed E-state index contributed by atoms with van der Waals surface area (Å²) in [7, 11) is 0. The molecule has 0 saturated heterocycles. The van der Waals surface area contributed by atoms with Gasteiger partial charge in [-0.15, -0.1) is 23.1 Å². The zero-order valence-corrected chi connectivity index (χ0v) is 16.5. The first-order valence-corrected chi connectivity index (χ1v) is 11.6. The number of nitrogens with zero attached hydrogens (tertiary/aromatic N) is 1. The van der Waals surface area contributed by atoms with Crippen molar-refractivity contribution in [2.45, 2.75) is 55.5 Å². The van der Waals surface area contributed by atoms with E-state index in [1.165, 1.54) is 58.9 Å². The van der Waals surface area contributed by atoms with E-state index in [2.05, 4.69) is 42.0 Å². The molecule has 0 amide bonds. The Morgan fingerprint density at radius 3 is 2.48 bits per heavy atom. The number of thioether (sulfide) groups is 1. The van der Waals surface area contributed by atoms with Gasteiger partial charge in [-0.25, -0.2) is 4.98 Å². The van der Waals surface area contributed by atoms with Crippen LogP contribution in [0.4, 0.5) is 0 Å². The molecule has 1 aromatic heterocycles. The molecule has 0 atom stereocenters. The van der Waals surface area contributed by atoms with Gasteiger partial charge in [0.1, 0.15) is 5.01 Å². The first kappa shape index (κ1) is 16.3. The van der Waals surface area contributed by atoms with Crippen molar-refractivity contribution in [1.29, 1.82) is 0 Å². The summed E-state index contributed by atoms with van der Waals surface area (Å²) in [6, 6.07) is 8.66. The van der Waals surface area contributed by atoms with Crippen molar-refractivity contribution < 1.29 is 0 Å². The van der Waals surface area contributed by atoms with Crippen LogP contribution in [0, 0.1) is 17.8 Å². The fourth-order valence-corrected chi connectivity index (χ4v) is 7.53. The zero-order valence-electron chi connectivity index (χ0n) is 14.8. The number of rotatable bonds is 5. The van der Waals surface area contributed by atoms with E-state index >= 15 is 0 Å². The second-order valence-electron chi connectivity index (χ2n) is 8.37. The lowest BCUT2D eigenvalue weighted by atomic mass is 9.53. The number of aromatic nitrogens is 1. The lowest BCUT2D eigenvalue weighted by Gasteiger charge is -2.57. The summed E-state index contributed by atoms with van der Waals surface area (Å²) in [4.78, 5) is 7.37. The van der Waals surface area contributed by atoms with E-state index in [4.69, 9.17) is 4.98 Å². The predicted molar refractivity (Wildman–Crippen MR) is 107 cm³/mol. The smallest absolute Gasteiger partial charge is 0.107 e. The second kappa shape index (κ2) is 6.40. The molecule has 4 bridgehead atoms. The minimum absolute atomic E-state index is 0.428. The van der Waals surface area contributed by atoms with Crippen molar-refractivity contribution in [3.05, 3.63) is 35.5 Å². The highest BCUT2D eigenvalue weighted by atomic mass is 32.2. The standard InChI is InChI=1S/C21H26N2S2/c1-24-18-5-3-2-4-17(18)19-12-22-20(25-19)13-23-21-9-14-6-15(10-21)8-16(7-14)11-21/h2-5,12,14-16,23H,6-11,13H2,1H3. The van der Waals surface area contributed by atoms with Crippen LogP contribution < -0.4 is 5.32 Å². The van der Waals surface area contributed by atoms with Gasteiger partial charge in [0.2, 0.25) is 0 Å². The Bertz CT molecular complexity index is 731. The molecule has 25 heavy (non-hydrogen) atoms. The summed E-state index contributed by atoms with van der Waals surface area (Å²) < 4.78 is 0. The van der Waals surface area contributed by atoms with Gasteiger partial charge in [-0.1, -0.05) is 18.2 Å². The molecule has 2 aromatic rings. The first-order valence-electron chi connectivity index (χ1n) is 9.56. The van der Waals surface area contributed by atoms with Gasteiger partial charge in [-0.3, -0.25) is 0 Å². The van der Waals surface area contributed by atoms with Crippen LogP contribution in [0.1, 0.15) is 43.5 Å². The SMILES string of the molecule is CSc1ccccc1-c1cnc(CNC23CC4CC(CC(C4)C2)C3)s1. The van der Waals surface area contributed by atoms with Crippen LogP contribution in [0.5, 0.6) is 0 Å². The summed E-state index contributed by atoms with van der Waals surface area (Å²) >= 11 is 3.67. The first-order chi connectivity index (χ1) is 12.2. The molecule has 0 spiro atoms. The lowest BCUT2D eigenvalue weighted by Crippen LogP contribution is -2.58. The van der Waals surface area contributed by atoms with Crippen LogP contribution in [0.25, 0.3) is 10.4 Å². The zero-order chi connectivity index (χ0) is 16.9. The van der Waals surface area contributed by atoms with E-state index in [0.29, 0.717) is 5.54 Å². The molecule has 4 aliphatic carbocycles. The van der Waals surface area contributed by atoms with Gasteiger partial charge in [-0.05, 0) is 68.6 Å². The Morgan fingerprint density at radius 2 is 1.80 bits per heavy atom. The number of thiazole rings is 1. The normalized spacial score (nSPS) is 33.1. The fraction of sp³-hybridized carbons (Fsp3) is 0.571. The van der Waals surface area contributed by atoms with Crippen molar-refractivity contribution in [3.63, 3.8) is 0 Å². The largest absolute Gasteiger partial charge is 0.305 e. The molecule has 4 heteroatoms.